The first-order valence-electron chi connectivity index (χ1n) is 10.3. The first-order chi connectivity index (χ1) is 16.3. The van der Waals surface area contributed by atoms with Gasteiger partial charge in [0.25, 0.3) is 0 Å². The molecule has 35 heavy (non-hydrogen) atoms. The lowest BCUT2D eigenvalue weighted by Crippen LogP contribution is -2.51. The van der Waals surface area contributed by atoms with E-state index in [-0.39, 0.29) is 23.0 Å². The SMILES string of the molecule is C=CC[C@@](CN(C)C(=O)CC(F)(F)F)(c1ccc(Cl)c(Cl)c1)C(NC(=O)O)c1ccccc1OC. The highest BCUT2D eigenvalue weighted by molar-refractivity contribution is 6.42. The summed E-state index contributed by atoms with van der Waals surface area (Å²) in [5.74, 6) is -0.843. The zero-order chi connectivity index (χ0) is 26.4. The number of amides is 2. The van der Waals surface area contributed by atoms with Gasteiger partial charge in [-0.15, -0.1) is 6.58 Å². The van der Waals surface area contributed by atoms with Crippen LogP contribution >= 0.6 is 23.2 Å². The van der Waals surface area contributed by atoms with E-state index >= 15 is 0 Å². The number of allylic oxidation sites excluding steroid dienone is 1. The normalized spacial score (nSPS) is 13.9. The van der Waals surface area contributed by atoms with Gasteiger partial charge in [-0.25, -0.2) is 4.79 Å². The number of nitrogens with one attached hydrogen (secondary N) is 1. The van der Waals surface area contributed by atoms with Gasteiger partial charge in [-0.2, -0.15) is 13.2 Å². The van der Waals surface area contributed by atoms with Crippen LogP contribution in [0.15, 0.2) is 55.1 Å². The summed E-state index contributed by atoms with van der Waals surface area (Å²) in [4.78, 5) is 25.3. The van der Waals surface area contributed by atoms with E-state index < -0.39 is 36.1 Å². The van der Waals surface area contributed by atoms with Gasteiger partial charge in [0.15, 0.2) is 0 Å². The molecule has 11 heteroatoms. The highest BCUT2D eigenvalue weighted by Gasteiger charge is 2.45. The van der Waals surface area contributed by atoms with Crippen molar-refractivity contribution in [2.24, 2.45) is 0 Å². The van der Waals surface area contributed by atoms with Crippen LogP contribution in [0.4, 0.5) is 18.0 Å². The molecule has 0 aliphatic carbocycles. The topological polar surface area (TPSA) is 78.9 Å². The third kappa shape index (κ3) is 7.05. The van der Waals surface area contributed by atoms with E-state index in [1.165, 1.54) is 32.4 Å². The number of alkyl halides is 3. The van der Waals surface area contributed by atoms with E-state index in [2.05, 4.69) is 11.9 Å². The number of nitrogens with zero attached hydrogens (tertiary/aromatic N) is 1. The van der Waals surface area contributed by atoms with Crippen LogP contribution in [-0.4, -0.2) is 48.9 Å². The van der Waals surface area contributed by atoms with E-state index in [1.807, 2.05) is 0 Å². The fraction of sp³-hybridized carbons (Fsp3) is 0.333. The van der Waals surface area contributed by atoms with Gasteiger partial charge in [0.1, 0.15) is 12.2 Å². The molecule has 2 aromatic rings. The van der Waals surface area contributed by atoms with Crippen LogP contribution in [0, 0.1) is 0 Å². The molecule has 2 rings (SSSR count). The molecular weight excluding hydrogens is 508 g/mol. The number of benzene rings is 2. The zero-order valence-corrected chi connectivity index (χ0v) is 20.5. The summed E-state index contributed by atoms with van der Waals surface area (Å²) in [5.41, 5.74) is -0.510. The van der Waals surface area contributed by atoms with Crippen LogP contribution in [0.1, 0.15) is 30.0 Å². The second-order valence-corrected chi connectivity index (χ2v) is 8.76. The van der Waals surface area contributed by atoms with Crippen LogP contribution in [0.25, 0.3) is 0 Å². The van der Waals surface area contributed by atoms with Crippen LogP contribution in [0.3, 0.4) is 0 Å². The minimum Gasteiger partial charge on any atom is -0.496 e. The van der Waals surface area contributed by atoms with Crippen molar-refractivity contribution < 1.29 is 32.6 Å². The first kappa shape index (κ1) is 28.3. The van der Waals surface area contributed by atoms with Crippen molar-refractivity contribution in [3.63, 3.8) is 0 Å². The molecule has 190 valence electrons. The van der Waals surface area contributed by atoms with Gasteiger partial charge in [0.05, 0.1) is 23.2 Å². The number of carbonyl (C=O) groups excluding carboxylic acids is 1. The number of rotatable bonds is 10. The van der Waals surface area contributed by atoms with Crippen molar-refractivity contribution in [1.82, 2.24) is 10.2 Å². The lowest BCUT2D eigenvalue weighted by molar-refractivity contribution is -0.161. The van der Waals surface area contributed by atoms with E-state index in [1.54, 1.807) is 30.3 Å². The quantitative estimate of drug-likeness (QED) is 0.355. The average molecular weight is 533 g/mol. The van der Waals surface area contributed by atoms with Crippen molar-refractivity contribution in [1.29, 1.82) is 0 Å². The summed E-state index contributed by atoms with van der Waals surface area (Å²) in [5, 5.41) is 12.6. The van der Waals surface area contributed by atoms with Crippen molar-refractivity contribution in [2.45, 2.75) is 30.5 Å². The van der Waals surface area contributed by atoms with Crippen LogP contribution in [0.2, 0.25) is 10.0 Å². The molecule has 0 radical (unpaired) electrons. The number of hydrogen-bond acceptors (Lipinski definition) is 3. The number of para-hydroxylation sites is 1. The van der Waals surface area contributed by atoms with Gasteiger partial charge in [0.2, 0.25) is 5.91 Å². The van der Waals surface area contributed by atoms with E-state index in [4.69, 9.17) is 27.9 Å². The number of carboxylic acid groups (broad SMARTS) is 1. The lowest BCUT2D eigenvalue weighted by Gasteiger charge is -2.44. The number of ether oxygens (including phenoxy) is 1. The highest BCUT2D eigenvalue weighted by Crippen LogP contribution is 2.45. The summed E-state index contributed by atoms with van der Waals surface area (Å²) in [6.07, 6.45) is -6.22. The number of likely N-dealkylation sites (N-methyl/N-ethyl adjacent to an activating group) is 1. The molecule has 0 spiro atoms. The van der Waals surface area contributed by atoms with Gasteiger partial charge in [-0.3, -0.25) is 4.79 Å². The van der Waals surface area contributed by atoms with Crippen molar-refractivity contribution in [3.05, 3.63) is 76.3 Å². The molecule has 2 aromatic carbocycles. The number of hydrogen-bond donors (Lipinski definition) is 2. The fourth-order valence-corrected chi connectivity index (χ4v) is 4.37. The summed E-state index contributed by atoms with van der Waals surface area (Å²) in [7, 11) is 2.63. The van der Waals surface area contributed by atoms with Crippen LogP contribution in [-0.2, 0) is 10.2 Å². The number of halogens is 5. The smallest absolute Gasteiger partial charge is 0.405 e. The monoisotopic (exact) mass is 532 g/mol. The fourth-order valence-electron chi connectivity index (χ4n) is 4.07. The lowest BCUT2D eigenvalue weighted by atomic mass is 9.68. The van der Waals surface area contributed by atoms with Gasteiger partial charge in [0, 0.05) is 24.6 Å². The molecule has 2 amide bonds. The van der Waals surface area contributed by atoms with Gasteiger partial charge >= 0.3 is 12.3 Å². The summed E-state index contributed by atoms with van der Waals surface area (Å²) in [6, 6.07) is 10.1. The van der Waals surface area contributed by atoms with Crippen LogP contribution < -0.4 is 10.1 Å². The molecule has 0 aliphatic heterocycles. The summed E-state index contributed by atoms with van der Waals surface area (Å²) < 4.78 is 44.3. The van der Waals surface area contributed by atoms with E-state index in [9.17, 15) is 27.9 Å². The predicted octanol–water partition coefficient (Wildman–Crippen LogP) is 6.24. The largest absolute Gasteiger partial charge is 0.496 e. The Morgan fingerprint density at radius 2 is 1.86 bits per heavy atom. The van der Waals surface area contributed by atoms with Crippen molar-refractivity contribution >= 4 is 35.2 Å². The molecular formula is C24H25Cl2F3N2O4. The van der Waals surface area contributed by atoms with Crippen molar-refractivity contribution in [2.75, 3.05) is 20.7 Å². The Morgan fingerprint density at radius 3 is 2.40 bits per heavy atom. The molecule has 0 aliphatic rings. The molecule has 2 atom stereocenters. The second-order valence-electron chi connectivity index (χ2n) is 7.94. The maximum absolute atomic E-state index is 13.0. The minimum atomic E-state index is -4.71. The third-order valence-corrected chi connectivity index (χ3v) is 6.31. The molecule has 2 N–H and O–H groups in total. The third-order valence-electron chi connectivity index (χ3n) is 5.57. The molecule has 0 heterocycles. The molecule has 0 saturated heterocycles. The standard InChI is InChI=1S/C24H25Cl2F3N2O4/c1-4-11-23(15-9-10-17(25)18(26)12-15,14-31(2)20(32)13-24(27,28)29)21(30-22(33)34)16-7-5-6-8-19(16)35-3/h4-10,12,21,30H,1,11,13-14H2,2-3H3,(H,33,34)/t21?,23-/m1/s1. The maximum atomic E-state index is 13.0. The molecule has 1 unspecified atom stereocenters. The number of carbonyl (C=O) groups is 2. The first-order valence-corrected chi connectivity index (χ1v) is 11.1. The molecule has 0 saturated carbocycles. The Morgan fingerprint density at radius 1 is 1.20 bits per heavy atom. The Balaban J connectivity index is 2.81. The Bertz CT molecular complexity index is 1080. The van der Waals surface area contributed by atoms with Gasteiger partial charge in [-0.05, 0) is 30.2 Å². The molecule has 6 nitrogen and oxygen atoms in total. The minimum absolute atomic E-state index is 0.0532. The second kappa shape index (κ2) is 11.7. The summed E-state index contributed by atoms with van der Waals surface area (Å²) in [6.45, 7) is 3.46. The number of methoxy groups -OCH3 is 1. The van der Waals surface area contributed by atoms with Gasteiger partial charge in [-0.1, -0.05) is 53.5 Å². The molecule has 0 bridgehead atoms. The van der Waals surface area contributed by atoms with E-state index in [0.29, 0.717) is 16.9 Å². The zero-order valence-electron chi connectivity index (χ0n) is 19.0. The average Bonchev–Trinajstić information content (AvgIpc) is 2.77. The van der Waals surface area contributed by atoms with Crippen molar-refractivity contribution in [3.8, 4) is 5.75 Å². The van der Waals surface area contributed by atoms with Crippen LogP contribution in [0.5, 0.6) is 5.75 Å². The predicted molar refractivity (Wildman–Crippen MR) is 128 cm³/mol. The van der Waals surface area contributed by atoms with E-state index in [0.717, 1.165) is 4.90 Å². The molecule has 0 aromatic heterocycles. The highest BCUT2D eigenvalue weighted by atomic mass is 35.5. The molecule has 0 fully saturated rings. The van der Waals surface area contributed by atoms with Gasteiger partial charge < -0.3 is 20.1 Å². The Labute approximate surface area is 211 Å². The Hall–Kier alpha value is -2.91. The maximum Gasteiger partial charge on any atom is 0.405 e. The Kier molecular flexibility index (Phi) is 9.45. The summed E-state index contributed by atoms with van der Waals surface area (Å²) >= 11 is 12.4.